The second-order valence-corrected chi connectivity index (χ2v) is 4.74. The van der Waals surface area contributed by atoms with Crippen molar-refractivity contribution in [3.63, 3.8) is 0 Å². The van der Waals surface area contributed by atoms with E-state index < -0.39 is 12.0 Å². The molecule has 17 heavy (non-hydrogen) atoms. The van der Waals surface area contributed by atoms with Gasteiger partial charge in [0.1, 0.15) is 10.7 Å². The van der Waals surface area contributed by atoms with E-state index in [9.17, 15) is 9.59 Å². The average Bonchev–Trinajstić information content (AvgIpc) is 2.25. The molecule has 0 aliphatic heterocycles. The van der Waals surface area contributed by atoms with Gasteiger partial charge in [-0.1, -0.05) is 12.2 Å². The Kier molecular flexibility index (Phi) is 5.17. The van der Waals surface area contributed by atoms with E-state index in [2.05, 4.69) is 10.3 Å². The molecule has 3 N–H and O–H groups in total. The highest BCUT2D eigenvalue weighted by molar-refractivity contribution is 7.99. The molecule has 1 rings (SSSR count). The molecule has 92 valence electrons. The third-order valence-electron chi connectivity index (χ3n) is 1.86. The zero-order valence-corrected chi connectivity index (χ0v) is 10.7. The van der Waals surface area contributed by atoms with Crippen LogP contribution in [0.4, 0.5) is 0 Å². The van der Waals surface area contributed by atoms with E-state index >= 15 is 0 Å². The van der Waals surface area contributed by atoms with E-state index in [0.717, 1.165) is 4.90 Å². The fourth-order valence-electron chi connectivity index (χ4n) is 1.11. The smallest absolute Gasteiger partial charge is 0.327 e. The quantitative estimate of drug-likeness (QED) is 0.558. The first kappa shape index (κ1) is 13.7. The van der Waals surface area contributed by atoms with Crippen molar-refractivity contribution in [3.8, 4) is 0 Å². The number of carboxylic acids is 1. The van der Waals surface area contributed by atoms with Gasteiger partial charge in [-0.15, -0.1) is 11.8 Å². The summed E-state index contributed by atoms with van der Waals surface area (Å²) < 4.78 is 0.560. The Bertz CT molecular complexity index is 473. The molecule has 1 aromatic heterocycles. The van der Waals surface area contributed by atoms with Gasteiger partial charge < -0.3 is 15.4 Å². The summed E-state index contributed by atoms with van der Waals surface area (Å²) in [7, 11) is 0. The van der Waals surface area contributed by atoms with Crippen LogP contribution in [0.1, 0.15) is 6.92 Å². The summed E-state index contributed by atoms with van der Waals surface area (Å²) in [5.74, 6) is -1.19. The zero-order valence-electron chi connectivity index (χ0n) is 9.10. The Balaban J connectivity index is 2.64. The fourth-order valence-corrected chi connectivity index (χ4v) is 2.36. The van der Waals surface area contributed by atoms with Gasteiger partial charge in [0.05, 0.1) is 0 Å². The first-order valence-corrected chi connectivity index (χ1v) is 6.20. The normalized spacial score (nSPS) is 11.8. The number of aromatic nitrogens is 1. The minimum atomic E-state index is -1.06. The highest BCUT2D eigenvalue weighted by Gasteiger charge is 2.18. The molecule has 0 saturated heterocycles. The van der Waals surface area contributed by atoms with Gasteiger partial charge in [0.15, 0.2) is 0 Å². The van der Waals surface area contributed by atoms with E-state index in [1.165, 1.54) is 18.7 Å². The van der Waals surface area contributed by atoms with Crippen LogP contribution in [0.15, 0.2) is 23.2 Å². The van der Waals surface area contributed by atoms with Crippen LogP contribution in [0.25, 0.3) is 0 Å². The fraction of sp³-hybridized carbons (Fsp3) is 0.300. The molecule has 0 bridgehead atoms. The van der Waals surface area contributed by atoms with Crippen LogP contribution in [-0.4, -0.2) is 33.8 Å². The lowest BCUT2D eigenvalue weighted by molar-refractivity contribution is -0.140. The lowest BCUT2D eigenvalue weighted by Crippen LogP contribution is -2.41. The van der Waals surface area contributed by atoms with Crippen LogP contribution in [-0.2, 0) is 9.59 Å². The number of H-pyrrole nitrogens is 1. The first-order chi connectivity index (χ1) is 8.00. The summed E-state index contributed by atoms with van der Waals surface area (Å²) in [5.41, 5.74) is 0. The molecule has 1 atom stereocenters. The van der Waals surface area contributed by atoms with Crippen molar-refractivity contribution in [2.45, 2.75) is 17.9 Å². The maximum Gasteiger partial charge on any atom is 0.327 e. The summed E-state index contributed by atoms with van der Waals surface area (Å²) >= 11 is 6.34. The standard InChI is InChI=1S/C10H12N2O3S2/c1-6(13)12-7(10(14)15)5-17-8-3-2-4-11-9(8)16/h2-4,7H,5H2,1H3,(H,11,16)(H,12,13)(H,14,15)/t7-/m0/s1. The molecule has 5 nitrogen and oxygen atoms in total. The minimum Gasteiger partial charge on any atom is -0.480 e. The summed E-state index contributed by atoms with van der Waals surface area (Å²) in [6, 6.07) is 2.68. The molecule has 0 saturated carbocycles. The van der Waals surface area contributed by atoms with E-state index in [1.807, 2.05) is 0 Å². The van der Waals surface area contributed by atoms with Crippen LogP contribution >= 0.6 is 24.0 Å². The van der Waals surface area contributed by atoms with Gasteiger partial charge in [-0.05, 0) is 12.1 Å². The van der Waals surface area contributed by atoms with Gasteiger partial charge in [0.25, 0.3) is 0 Å². The second-order valence-electron chi connectivity index (χ2n) is 3.27. The van der Waals surface area contributed by atoms with Crippen molar-refractivity contribution < 1.29 is 14.7 Å². The highest BCUT2D eigenvalue weighted by Crippen LogP contribution is 2.18. The Hall–Kier alpha value is -1.34. The van der Waals surface area contributed by atoms with Crippen LogP contribution in [0.2, 0.25) is 0 Å². The lowest BCUT2D eigenvalue weighted by atomic mass is 10.3. The van der Waals surface area contributed by atoms with Crippen LogP contribution in [0.3, 0.4) is 0 Å². The number of hydrogen-bond acceptors (Lipinski definition) is 4. The Morgan fingerprint density at radius 2 is 2.35 bits per heavy atom. The van der Waals surface area contributed by atoms with Gasteiger partial charge in [-0.3, -0.25) is 4.79 Å². The van der Waals surface area contributed by atoms with Gasteiger partial charge in [0, 0.05) is 23.8 Å². The Labute approximate surface area is 108 Å². The van der Waals surface area contributed by atoms with Crippen LogP contribution < -0.4 is 5.32 Å². The second kappa shape index (κ2) is 6.41. The highest BCUT2D eigenvalue weighted by atomic mass is 32.2. The Morgan fingerprint density at radius 3 is 2.88 bits per heavy atom. The number of carbonyl (C=O) groups is 2. The molecule has 0 unspecified atom stereocenters. The molecule has 0 radical (unpaired) electrons. The minimum absolute atomic E-state index is 0.233. The number of rotatable bonds is 5. The number of nitrogens with one attached hydrogen (secondary N) is 2. The molecule has 1 heterocycles. The molecule has 7 heteroatoms. The number of carboxylic acid groups (broad SMARTS) is 1. The van der Waals surface area contributed by atoms with E-state index in [4.69, 9.17) is 17.3 Å². The van der Waals surface area contributed by atoms with E-state index in [-0.39, 0.29) is 11.7 Å². The topological polar surface area (TPSA) is 82.2 Å². The third-order valence-corrected chi connectivity index (χ3v) is 3.48. The molecule has 1 aromatic rings. The number of aromatic amines is 1. The van der Waals surface area contributed by atoms with E-state index in [0.29, 0.717) is 4.64 Å². The monoisotopic (exact) mass is 272 g/mol. The van der Waals surface area contributed by atoms with E-state index in [1.54, 1.807) is 18.3 Å². The van der Waals surface area contributed by atoms with Gasteiger partial charge in [-0.25, -0.2) is 4.79 Å². The number of amides is 1. The van der Waals surface area contributed by atoms with Crippen molar-refractivity contribution in [1.29, 1.82) is 0 Å². The molecular weight excluding hydrogens is 260 g/mol. The van der Waals surface area contributed by atoms with Crippen molar-refractivity contribution in [3.05, 3.63) is 23.0 Å². The lowest BCUT2D eigenvalue weighted by Gasteiger charge is -2.12. The SMILES string of the molecule is CC(=O)N[C@@H](CSc1ccc[nH]c1=S)C(=O)O. The molecule has 0 aliphatic carbocycles. The molecule has 0 spiro atoms. The number of carbonyl (C=O) groups excluding carboxylic acids is 1. The maximum absolute atomic E-state index is 10.9. The molecule has 1 amide bonds. The molecular formula is C10H12N2O3S2. The average molecular weight is 272 g/mol. The first-order valence-electron chi connectivity index (χ1n) is 4.81. The van der Waals surface area contributed by atoms with Crippen molar-refractivity contribution in [2.24, 2.45) is 0 Å². The van der Waals surface area contributed by atoms with Crippen LogP contribution in [0.5, 0.6) is 0 Å². The van der Waals surface area contributed by atoms with Crippen molar-refractivity contribution >= 4 is 35.9 Å². The van der Waals surface area contributed by atoms with Crippen molar-refractivity contribution in [1.82, 2.24) is 10.3 Å². The van der Waals surface area contributed by atoms with Gasteiger partial charge >= 0.3 is 5.97 Å². The molecule has 0 aliphatic rings. The predicted molar refractivity (Wildman–Crippen MR) is 67.6 cm³/mol. The summed E-state index contributed by atoms with van der Waals surface area (Å²) in [6.07, 6.45) is 1.70. The zero-order chi connectivity index (χ0) is 12.8. The Morgan fingerprint density at radius 1 is 1.65 bits per heavy atom. The number of hydrogen-bond donors (Lipinski definition) is 3. The summed E-state index contributed by atoms with van der Waals surface area (Å²) in [5, 5.41) is 11.3. The third kappa shape index (κ3) is 4.58. The molecule has 0 aromatic carbocycles. The largest absolute Gasteiger partial charge is 0.480 e. The molecule has 0 fully saturated rings. The van der Waals surface area contributed by atoms with Gasteiger partial charge in [-0.2, -0.15) is 0 Å². The number of pyridine rings is 1. The van der Waals surface area contributed by atoms with Crippen molar-refractivity contribution in [2.75, 3.05) is 5.75 Å². The number of aliphatic carboxylic acids is 1. The number of thioether (sulfide) groups is 1. The maximum atomic E-state index is 10.9. The van der Waals surface area contributed by atoms with Crippen LogP contribution in [0, 0.1) is 4.64 Å². The summed E-state index contributed by atoms with van der Waals surface area (Å²) in [6.45, 7) is 1.29. The van der Waals surface area contributed by atoms with Gasteiger partial charge in [0.2, 0.25) is 5.91 Å². The predicted octanol–water partition coefficient (Wildman–Crippen LogP) is 1.43. The summed E-state index contributed by atoms with van der Waals surface area (Å²) in [4.78, 5) is 25.3.